The lowest BCUT2D eigenvalue weighted by atomic mass is 9.92. The van der Waals surface area contributed by atoms with Crippen molar-refractivity contribution in [2.75, 3.05) is 0 Å². The predicted octanol–water partition coefficient (Wildman–Crippen LogP) is 2.97. The summed E-state index contributed by atoms with van der Waals surface area (Å²) in [6, 6.07) is 11.2. The Morgan fingerprint density at radius 2 is 2.05 bits per heavy atom. The van der Waals surface area contributed by atoms with Crippen molar-refractivity contribution in [3.05, 3.63) is 66.1 Å². The van der Waals surface area contributed by atoms with Gasteiger partial charge < -0.3 is 10.1 Å². The molecule has 2 N–H and O–H groups in total. The van der Waals surface area contributed by atoms with Crippen LogP contribution in [0.15, 0.2) is 55.0 Å². The summed E-state index contributed by atoms with van der Waals surface area (Å²) in [5.74, 6) is -1.36. The van der Waals surface area contributed by atoms with E-state index >= 15 is 0 Å². The predicted molar refractivity (Wildman–Crippen MR) is 76.6 cm³/mol. The van der Waals surface area contributed by atoms with Crippen LogP contribution < -0.4 is 0 Å². The minimum atomic E-state index is -0.811. The summed E-state index contributed by atoms with van der Waals surface area (Å²) in [6.45, 7) is 0. The summed E-state index contributed by atoms with van der Waals surface area (Å²) in [7, 11) is 0. The molecule has 0 saturated heterocycles. The maximum absolute atomic E-state index is 11.5. The van der Waals surface area contributed by atoms with Crippen molar-refractivity contribution >= 4 is 16.9 Å². The van der Waals surface area contributed by atoms with Gasteiger partial charge >= 0.3 is 5.97 Å². The highest BCUT2D eigenvalue weighted by Gasteiger charge is 2.21. The molecule has 0 spiro atoms. The Bertz CT molecular complexity index is 734. The smallest absolute Gasteiger partial charge is 0.311 e. The van der Waals surface area contributed by atoms with E-state index in [1.54, 1.807) is 12.4 Å². The van der Waals surface area contributed by atoms with Gasteiger partial charge in [0.1, 0.15) is 0 Å². The average Bonchev–Trinajstić information content (AvgIpc) is 2.88. The summed E-state index contributed by atoms with van der Waals surface area (Å²) in [5.41, 5.74) is 2.77. The van der Waals surface area contributed by atoms with Gasteiger partial charge in [0.05, 0.1) is 5.92 Å². The second-order valence-electron chi connectivity index (χ2n) is 4.74. The number of fused-ring (bicyclic) bond motifs is 1. The number of benzene rings is 1. The molecular weight excluding hydrogens is 252 g/mol. The van der Waals surface area contributed by atoms with Crippen molar-refractivity contribution in [1.29, 1.82) is 0 Å². The maximum Gasteiger partial charge on any atom is 0.311 e. The van der Waals surface area contributed by atoms with Gasteiger partial charge in [-0.05, 0) is 23.6 Å². The standard InChI is InChI=1S/C16H14N2O2/c19-16(20)13(11-4-2-1-3-5-11)8-12-9-18-15-6-7-17-10-14(12)15/h1-7,9-10,13,18H,8H2,(H,19,20). The lowest BCUT2D eigenvalue weighted by Crippen LogP contribution is -2.14. The number of hydrogen-bond donors (Lipinski definition) is 2. The maximum atomic E-state index is 11.5. The Hall–Kier alpha value is -2.62. The number of H-pyrrole nitrogens is 1. The van der Waals surface area contributed by atoms with E-state index in [1.165, 1.54) is 0 Å². The number of aliphatic carboxylic acids is 1. The van der Waals surface area contributed by atoms with Crippen LogP contribution in [0.4, 0.5) is 0 Å². The number of carboxylic acid groups (broad SMARTS) is 1. The van der Waals surface area contributed by atoms with Gasteiger partial charge in [0.25, 0.3) is 0 Å². The van der Waals surface area contributed by atoms with Crippen LogP contribution in [-0.4, -0.2) is 21.0 Å². The number of carbonyl (C=O) groups is 1. The molecule has 0 radical (unpaired) electrons. The number of pyridine rings is 1. The first kappa shape index (κ1) is 12.4. The van der Waals surface area contributed by atoms with Gasteiger partial charge in [-0.15, -0.1) is 0 Å². The Kier molecular flexibility index (Phi) is 3.21. The molecule has 1 aromatic carbocycles. The summed E-state index contributed by atoms with van der Waals surface area (Å²) < 4.78 is 0. The van der Waals surface area contributed by atoms with Crippen LogP contribution in [0.2, 0.25) is 0 Å². The summed E-state index contributed by atoms with van der Waals surface area (Å²) >= 11 is 0. The SMILES string of the molecule is O=C(O)C(Cc1c[nH]c2ccncc12)c1ccccc1. The molecule has 2 heterocycles. The number of rotatable bonds is 4. The van der Waals surface area contributed by atoms with Gasteiger partial charge in [0.15, 0.2) is 0 Å². The third kappa shape index (κ3) is 2.28. The topological polar surface area (TPSA) is 66.0 Å². The molecule has 0 bridgehead atoms. The molecule has 0 aliphatic carbocycles. The van der Waals surface area contributed by atoms with Crippen molar-refractivity contribution in [2.24, 2.45) is 0 Å². The van der Waals surface area contributed by atoms with Crippen LogP contribution in [0, 0.1) is 0 Å². The first-order valence-corrected chi connectivity index (χ1v) is 6.43. The molecule has 20 heavy (non-hydrogen) atoms. The van der Waals surface area contributed by atoms with Crippen LogP contribution in [0.5, 0.6) is 0 Å². The van der Waals surface area contributed by atoms with E-state index < -0.39 is 11.9 Å². The second kappa shape index (κ2) is 5.17. The van der Waals surface area contributed by atoms with Crippen LogP contribution in [0.3, 0.4) is 0 Å². The molecule has 100 valence electrons. The minimum absolute atomic E-state index is 0.449. The fourth-order valence-corrected chi connectivity index (χ4v) is 2.44. The van der Waals surface area contributed by atoms with Crippen molar-refractivity contribution in [1.82, 2.24) is 9.97 Å². The molecule has 4 heteroatoms. The average molecular weight is 266 g/mol. The highest BCUT2D eigenvalue weighted by Crippen LogP contribution is 2.25. The van der Waals surface area contributed by atoms with Gasteiger partial charge in [-0.1, -0.05) is 30.3 Å². The molecule has 2 aromatic heterocycles. The number of hydrogen-bond acceptors (Lipinski definition) is 2. The Labute approximate surface area is 116 Å². The van der Waals surface area contributed by atoms with Crippen molar-refractivity contribution in [3.63, 3.8) is 0 Å². The molecule has 3 rings (SSSR count). The summed E-state index contributed by atoms with van der Waals surface area (Å²) in [5, 5.41) is 10.5. The normalized spacial score (nSPS) is 12.4. The van der Waals surface area contributed by atoms with Crippen LogP contribution >= 0.6 is 0 Å². The van der Waals surface area contributed by atoms with Gasteiger partial charge in [-0.2, -0.15) is 0 Å². The molecule has 0 fully saturated rings. The Balaban J connectivity index is 1.97. The van der Waals surface area contributed by atoms with Crippen molar-refractivity contribution in [2.45, 2.75) is 12.3 Å². The zero-order valence-corrected chi connectivity index (χ0v) is 10.8. The minimum Gasteiger partial charge on any atom is -0.481 e. The van der Waals surface area contributed by atoms with Crippen molar-refractivity contribution in [3.8, 4) is 0 Å². The molecular formula is C16H14N2O2. The van der Waals surface area contributed by atoms with Gasteiger partial charge in [-0.25, -0.2) is 0 Å². The molecule has 3 aromatic rings. The van der Waals surface area contributed by atoms with E-state index in [-0.39, 0.29) is 0 Å². The monoisotopic (exact) mass is 266 g/mol. The Morgan fingerprint density at radius 3 is 2.80 bits per heavy atom. The van der Waals surface area contributed by atoms with Crippen molar-refractivity contribution < 1.29 is 9.90 Å². The fraction of sp³-hybridized carbons (Fsp3) is 0.125. The van der Waals surface area contributed by atoms with E-state index in [0.29, 0.717) is 6.42 Å². The highest BCUT2D eigenvalue weighted by atomic mass is 16.4. The fourth-order valence-electron chi connectivity index (χ4n) is 2.44. The largest absolute Gasteiger partial charge is 0.481 e. The van der Waals surface area contributed by atoms with E-state index in [1.807, 2.05) is 42.6 Å². The molecule has 1 unspecified atom stereocenters. The highest BCUT2D eigenvalue weighted by molar-refractivity contribution is 5.84. The van der Waals surface area contributed by atoms with Gasteiger partial charge in [0, 0.05) is 29.5 Å². The molecule has 0 aliphatic heterocycles. The second-order valence-corrected chi connectivity index (χ2v) is 4.74. The number of aromatic amines is 1. The zero-order valence-electron chi connectivity index (χ0n) is 10.8. The van der Waals surface area contributed by atoms with Gasteiger partial charge in [-0.3, -0.25) is 9.78 Å². The molecule has 4 nitrogen and oxygen atoms in total. The number of nitrogens with zero attached hydrogens (tertiary/aromatic N) is 1. The molecule has 0 saturated carbocycles. The van der Waals surface area contributed by atoms with Crippen LogP contribution in [0.25, 0.3) is 10.9 Å². The molecule has 1 atom stereocenters. The van der Waals surface area contributed by atoms with E-state index in [0.717, 1.165) is 22.0 Å². The van der Waals surface area contributed by atoms with Crippen LogP contribution in [-0.2, 0) is 11.2 Å². The summed E-state index contributed by atoms with van der Waals surface area (Å²) in [4.78, 5) is 18.8. The van der Waals surface area contributed by atoms with E-state index in [2.05, 4.69) is 9.97 Å². The number of carboxylic acids is 1. The lowest BCUT2D eigenvalue weighted by molar-refractivity contribution is -0.138. The Morgan fingerprint density at radius 1 is 1.25 bits per heavy atom. The lowest BCUT2D eigenvalue weighted by Gasteiger charge is -2.12. The third-order valence-electron chi connectivity index (χ3n) is 3.49. The van der Waals surface area contributed by atoms with E-state index in [4.69, 9.17) is 0 Å². The number of nitrogens with one attached hydrogen (secondary N) is 1. The van der Waals surface area contributed by atoms with Crippen LogP contribution in [0.1, 0.15) is 17.0 Å². The quantitative estimate of drug-likeness (QED) is 0.763. The number of aromatic nitrogens is 2. The van der Waals surface area contributed by atoms with Gasteiger partial charge in [0.2, 0.25) is 0 Å². The molecule has 0 amide bonds. The first-order chi connectivity index (χ1) is 9.75. The van der Waals surface area contributed by atoms with E-state index in [9.17, 15) is 9.90 Å². The summed E-state index contributed by atoms with van der Waals surface area (Å²) in [6.07, 6.45) is 5.80. The molecule has 0 aliphatic rings. The first-order valence-electron chi connectivity index (χ1n) is 6.43. The third-order valence-corrected chi connectivity index (χ3v) is 3.49. The zero-order chi connectivity index (χ0) is 13.9.